The van der Waals surface area contributed by atoms with E-state index in [-0.39, 0.29) is 0 Å². The van der Waals surface area contributed by atoms with E-state index in [2.05, 4.69) is 47.1 Å². The molecule has 0 amide bonds. The van der Waals surface area contributed by atoms with Crippen molar-refractivity contribution in [3.63, 3.8) is 0 Å². The van der Waals surface area contributed by atoms with Crippen LogP contribution in [0, 0.1) is 0 Å². The minimum Gasteiger partial charge on any atom is -0.314 e. The molecule has 1 rings (SSSR count). The SMILES string of the molecule is CCCNC(C)CCc1c(Br)c(CC)nn1C. The van der Waals surface area contributed by atoms with E-state index in [0.29, 0.717) is 6.04 Å². The molecular weight excluding hydrogens is 278 g/mol. The summed E-state index contributed by atoms with van der Waals surface area (Å²) in [4.78, 5) is 0. The molecule has 0 bridgehead atoms. The van der Waals surface area contributed by atoms with Crippen LogP contribution in [-0.2, 0) is 19.9 Å². The van der Waals surface area contributed by atoms with E-state index in [1.807, 2.05) is 11.7 Å². The lowest BCUT2D eigenvalue weighted by Gasteiger charge is -2.13. The molecule has 1 heterocycles. The van der Waals surface area contributed by atoms with Gasteiger partial charge in [0.15, 0.2) is 0 Å². The van der Waals surface area contributed by atoms with Gasteiger partial charge in [0.2, 0.25) is 0 Å². The average molecular weight is 302 g/mol. The molecular formula is C13H24BrN3. The van der Waals surface area contributed by atoms with E-state index in [1.165, 1.54) is 16.6 Å². The van der Waals surface area contributed by atoms with E-state index >= 15 is 0 Å². The first-order valence-corrected chi connectivity index (χ1v) is 7.33. The Balaban J connectivity index is 2.54. The van der Waals surface area contributed by atoms with Gasteiger partial charge in [-0.1, -0.05) is 13.8 Å². The molecule has 0 aromatic carbocycles. The highest BCUT2D eigenvalue weighted by atomic mass is 79.9. The third kappa shape index (κ3) is 4.11. The summed E-state index contributed by atoms with van der Waals surface area (Å²) in [5.74, 6) is 0. The fourth-order valence-corrected chi connectivity index (χ4v) is 2.75. The zero-order valence-corrected chi connectivity index (χ0v) is 13.0. The highest BCUT2D eigenvalue weighted by Crippen LogP contribution is 2.23. The van der Waals surface area contributed by atoms with Gasteiger partial charge in [0.1, 0.15) is 0 Å². The van der Waals surface area contributed by atoms with Crippen LogP contribution in [0.4, 0.5) is 0 Å². The van der Waals surface area contributed by atoms with Crippen LogP contribution in [-0.4, -0.2) is 22.4 Å². The van der Waals surface area contributed by atoms with Gasteiger partial charge >= 0.3 is 0 Å². The van der Waals surface area contributed by atoms with Crippen LogP contribution in [0.3, 0.4) is 0 Å². The normalized spacial score (nSPS) is 13.0. The fraction of sp³-hybridized carbons (Fsp3) is 0.769. The van der Waals surface area contributed by atoms with Gasteiger partial charge < -0.3 is 5.32 Å². The first-order valence-electron chi connectivity index (χ1n) is 6.53. The minimum absolute atomic E-state index is 0.571. The summed E-state index contributed by atoms with van der Waals surface area (Å²) < 4.78 is 3.21. The second-order valence-electron chi connectivity index (χ2n) is 4.58. The molecule has 0 aliphatic heterocycles. The number of aromatic nitrogens is 2. The number of aryl methyl sites for hydroxylation is 2. The number of nitrogens with zero attached hydrogens (tertiary/aromatic N) is 2. The Labute approximate surface area is 113 Å². The number of nitrogens with one attached hydrogen (secondary N) is 1. The molecule has 3 nitrogen and oxygen atoms in total. The predicted molar refractivity (Wildman–Crippen MR) is 76.4 cm³/mol. The molecule has 1 N–H and O–H groups in total. The van der Waals surface area contributed by atoms with Crippen LogP contribution in [0.15, 0.2) is 4.47 Å². The Morgan fingerprint density at radius 2 is 2.12 bits per heavy atom. The third-order valence-corrected chi connectivity index (χ3v) is 3.98. The lowest BCUT2D eigenvalue weighted by Crippen LogP contribution is -2.27. The molecule has 1 aromatic heterocycles. The van der Waals surface area contributed by atoms with Crippen molar-refractivity contribution in [3.8, 4) is 0 Å². The van der Waals surface area contributed by atoms with Gasteiger partial charge in [0.25, 0.3) is 0 Å². The van der Waals surface area contributed by atoms with Crippen LogP contribution in [0.5, 0.6) is 0 Å². The summed E-state index contributed by atoms with van der Waals surface area (Å²) in [6.07, 6.45) is 4.40. The summed E-state index contributed by atoms with van der Waals surface area (Å²) in [5.41, 5.74) is 2.48. The highest BCUT2D eigenvalue weighted by molar-refractivity contribution is 9.10. The maximum absolute atomic E-state index is 4.52. The first-order chi connectivity index (χ1) is 8.10. The summed E-state index contributed by atoms with van der Waals surface area (Å²) >= 11 is 3.66. The molecule has 4 heteroatoms. The van der Waals surface area contributed by atoms with Crippen molar-refractivity contribution in [1.29, 1.82) is 0 Å². The molecule has 0 aliphatic rings. The van der Waals surface area contributed by atoms with Gasteiger partial charge in [-0.2, -0.15) is 5.10 Å². The smallest absolute Gasteiger partial charge is 0.0766 e. The molecule has 0 saturated carbocycles. The quantitative estimate of drug-likeness (QED) is 0.839. The van der Waals surface area contributed by atoms with Gasteiger partial charge in [-0.25, -0.2) is 0 Å². The summed E-state index contributed by atoms with van der Waals surface area (Å²) in [5, 5.41) is 8.04. The van der Waals surface area contributed by atoms with Crippen LogP contribution in [0.25, 0.3) is 0 Å². The molecule has 0 fully saturated rings. The van der Waals surface area contributed by atoms with E-state index in [4.69, 9.17) is 0 Å². The van der Waals surface area contributed by atoms with Crippen LogP contribution >= 0.6 is 15.9 Å². The second-order valence-corrected chi connectivity index (χ2v) is 5.37. The number of hydrogen-bond donors (Lipinski definition) is 1. The van der Waals surface area contributed by atoms with Gasteiger partial charge in [-0.05, 0) is 55.1 Å². The highest BCUT2D eigenvalue weighted by Gasteiger charge is 2.13. The maximum Gasteiger partial charge on any atom is 0.0766 e. The molecule has 0 radical (unpaired) electrons. The van der Waals surface area contributed by atoms with Crippen molar-refractivity contribution in [2.45, 2.75) is 52.5 Å². The predicted octanol–water partition coefficient (Wildman–Crippen LogP) is 3.07. The van der Waals surface area contributed by atoms with Crippen molar-refractivity contribution in [2.24, 2.45) is 7.05 Å². The zero-order chi connectivity index (χ0) is 12.8. The van der Waals surface area contributed by atoms with Crippen molar-refractivity contribution in [3.05, 3.63) is 15.9 Å². The average Bonchev–Trinajstić information content (AvgIpc) is 2.59. The van der Waals surface area contributed by atoms with E-state index in [9.17, 15) is 0 Å². The molecule has 17 heavy (non-hydrogen) atoms. The largest absolute Gasteiger partial charge is 0.314 e. The number of halogens is 1. The van der Waals surface area contributed by atoms with Gasteiger partial charge in [-0.3, -0.25) is 4.68 Å². The zero-order valence-electron chi connectivity index (χ0n) is 11.4. The molecule has 1 unspecified atom stereocenters. The van der Waals surface area contributed by atoms with Crippen molar-refractivity contribution >= 4 is 15.9 Å². The van der Waals surface area contributed by atoms with Crippen LogP contribution < -0.4 is 5.32 Å². The lowest BCUT2D eigenvalue weighted by molar-refractivity contribution is 0.505. The van der Waals surface area contributed by atoms with E-state index in [1.54, 1.807) is 0 Å². The molecule has 0 spiro atoms. The Morgan fingerprint density at radius 1 is 1.41 bits per heavy atom. The van der Waals surface area contributed by atoms with Gasteiger partial charge in [-0.15, -0.1) is 0 Å². The molecule has 0 aliphatic carbocycles. The molecule has 1 atom stereocenters. The third-order valence-electron chi connectivity index (χ3n) is 3.06. The Kier molecular flexibility index (Phi) is 6.20. The number of rotatable bonds is 7. The summed E-state index contributed by atoms with van der Waals surface area (Å²) in [6.45, 7) is 7.70. The standard InChI is InChI=1S/C13H24BrN3/c1-5-9-15-10(3)7-8-12-13(14)11(6-2)16-17(12)4/h10,15H,5-9H2,1-4H3. The van der Waals surface area contributed by atoms with Crippen LogP contribution in [0.1, 0.15) is 45.0 Å². The Bertz CT molecular complexity index is 347. The summed E-state index contributed by atoms with van der Waals surface area (Å²) in [6, 6.07) is 0.571. The summed E-state index contributed by atoms with van der Waals surface area (Å²) in [7, 11) is 2.03. The topological polar surface area (TPSA) is 29.9 Å². The van der Waals surface area contributed by atoms with Crippen molar-refractivity contribution in [1.82, 2.24) is 15.1 Å². The minimum atomic E-state index is 0.571. The van der Waals surface area contributed by atoms with Gasteiger partial charge in [0, 0.05) is 13.1 Å². The Hall–Kier alpha value is -0.350. The fourth-order valence-electron chi connectivity index (χ4n) is 1.94. The maximum atomic E-state index is 4.52. The second kappa shape index (κ2) is 7.17. The molecule has 0 saturated heterocycles. The van der Waals surface area contributed by atoms with Crippen LogP contribution in [0.2, 0.25) is 0 Å². The van der Waals surface area contributed by atoms with Crippen molar-refractivity contribution < 1.29 is 0 Å². The molecule has 1 aromatic rings. The number of hydrogen-bond acceptors (Lipinski definition) is 2. The Morgan fingerprint density at radius 3 is 2.65 bits per heavy atom. The lowest BCUT2D eigenvalue weighted by atomic mass is 10.1. The van der Waals surface area contributed by atoms with E-state index < -0.39 is 0 Å². The van der Waals surface area contributed by atoms with Gasteiger partial charge in [0.05, 0.1) is 15.9 Å². The molecule has 98 valence electrons. The first kappa shape index (κ1) is 14.7. The van der Waals surface area contributed by atoms with Crippen molar-refractivity contribution in [2.75, 3.05) is 6.54 Å². The van der Waals surface area contributed by atoms with E-state index in [0.717, 1.165) is 31.5 Å². The monoisotopic (exact) mass is 301 g/mol.